The molecule has 3 heteroatoms. The molecule has 0 saturated heterocycles. The molecule has 2 aromatic rings. The third kappa shape index (κ3) is 2.75. The minimum absolute atomic E-state index is 0.653. The van der Waals surface area contributed by atoms with Crippen LogP contribution in [0.5, 0.6) is 5.75 Å². The first-order valence-corrected chi connectivity index (χ1v) is 7.32. The molecule has 104 valence electrons. The Hall–Kier alpha value is -1.67. The Labute approximate surface area is 124 Å². The molecule has 0 radical (unpaired) electrons. The van der Waals surface area contributed by atoms with Crippen LogP contribution in [-0.2, 0) is 19.4 Å². The number of aryl methyl sites for hydroxylation is 2. The highest BCUT2D eigenvalue weighted by Gasteiger charge is 2.10. The Bertz CT molecular complexity index is 624. The van der Waals surface area contributed by atoms with Gasteiger partial charge in [0.1, 0.15) is 5.75 Å². The standard InChI is InChI=1S/C17H18ClNO/c1-20-17-8-5-12(9-16(17)18)11-19-15-7-6-13-3-2-4-14(13)10-15/h5-10,19H,2-4,11H2,1H3. The van der Waals surface area contributed by atoms with Gasteiger partial charge in [-0.25, -0.2) is 0 Å². The van der Waals surface area contributed by atoms with Gasteiger partial charge in [-0.2, -0.15) is 0 Å². The van der Waals surface area contributed by atoms with E-state index in [4.69, 9.17) is 16.3 Å². The number of hydrogen-bond donors (Lipinski definition) is 1. The summed E-state index contributed by atoms with van der Waals surface area (Å²) in [6.07, 6.45) is 3.72. The molecule has 1 aliphatic rings. The smallest absolute Gasteiger partial charge is 0.137 e. The fourth-order valence-corrected chi connectivity index (χ4v) is 2.99. The van der Waals surface area contributed by atoms with E-state index in [1.54, 1.807) is 7.11 Å². The van der Waals surface area contributed by atoms with Crippen molar-refractivity contribution in [3.05, 3.63) is 58.1 Å². The second-order valence-corrected chi connectivity index (χ2v) is 5.57. The van der Waals surface area contributed by atoms with E-state index < -0.39 is 0 Å². The van der Waals surface area contributed by atoms with Gasteiger partial charge in [0, 0.05) is 12.2 Å². The van der Waals surface area contributed by atoms with Crippen LogP contribution in [0.2, 0.25) is 5.02 Å². The lowest BCUT2D eigenvalue weighted by Gasteiger charge is -2.10. The minimum Gasteiger partial charge on any atom is -0.495 e. The normalized spacial score (nSPS) is 13.1. The molecule has 0 bridgehead atoms. The van der Waals surface area contributed by atoms with Crippen LogP contribution in [0.15, 0.2) is 36.4 Å². The van der Waals surface area contributed by atoms with Crippen molar-refractivity contribution in [2.75, 3.05) is 12.4 Å². The van der Waals surface area contributed by atoms with Crippen molar-refractivity contribution >= 4 is 17.3 Å². The molecule has 0 aromatic heterocycles. The Morgan fingerprint density at radius 3 is 2.75 bits per heavy atom. The molecule has 20 heavy (non-hydrogen) atoms. The molecule has 0 unspecified atom stereocenters. The zero-order valence-electron chi connectivity index (χ0n) is 11.6. The molecule has 0 fully saturated rings. The zero-order valence-corrected chi connectivity index (χ0v) is 12.3. The predicted molar refractivity (Wildman–Crippen MR) is 83.8 cm³/mol. The monoisotopic (exact) mass is 287 g/mol. The summed E-state index contributed by atoms with van der Waals surface area (Å²) < 4.78 is 5.16. The number of rotatable bonds is 4. The fourth-order valence-electron chi connectivity index (χ4n) is 2.71. The predicted octanol–water partition coefficient (Wildman–Crippen LogP) is 4.45. The van der Waals surface area contributed by atoms with Gasteiger partial charge in [0.25, 0.3) is 0 Å². The highest BCUT2D eigenvalue weighted by molar-refractivity contribution is 6.32. The van der Waals surface area contributed by atoms with E-state index in [2.05, 4.69) is 23.5 Å². The van der Waals surface area contributed by atoms with Crippen LogP contribution in [0.4, 0.5) is 5.69 Å². The number of anilines is 1. The summed E-state index contributed by atoms with van der Waals surface area (Å²) >= 11 is 6.14. The quantitative estimate of drug-likeness (QED) is 0.897. The van der Waals surface area contributed by atoms with Gasteiger partial charge in [0.05, 0.1) is 12.1 Å². The van der Waals surface area contributed by atoms with Crippen LogP contribution in [0.25, 0.3) is 0 Å². The third-order valence-electron chi connectivity index (χ3n) is 3.81. The number of halogens is 1. The summed E-state index contributed by atoms with van der Waals surface area (Å²) in [4.78, 5) is 0. The van der Waals surface area contributed by atoms with E-state index in [0.717, 1.165) is 12.1 Å². The van der Waals surface area contributed by atoms with Crippen LogP contribution < -0.4 is 10.1 Å². The van der Waals surface area contributed by atoms with Crippen LogP contribution in [0.1, 0.15) is 23.1 Å². The summed E-state index contributed by atoms with van der Waals surface area (Å²) in [5.74, 6) is 0.716. The number of ether oxygens (including phenoxy) is 1. The Morgan fingerprint density at radius 2 is 1.95 bits per heavy atom. The van der Waals surface area contributed by atoms with Crippen molar-refractivity contribution in [3.63, 3.8) is 0 Å². The first kappa shape index (κ1) is 13.3. The van der Waals surface area contributed by atoms with Crippen LogP contribution >= 0.6 is 11.6 Å². The molecule has 2 nitrogen and oxygen atoms in total. The highest BCUT2D eigenvalue weighted by Crippen LogP contribution is 2.27. The van der Waals surface area contributed by atoms with Crippen LogP contribution in [0, 0.1) is 0 Å². The maximum Gasteiger partial charge on any atom is 0.137 e. The second-order valence-electron chi connectivity index (χ2n) is 5.16. The number of fused-ring (bicyclic) bond motifs is 1. The van der Waals surface area contributed by atoms with Gasteiger partial charge in [0.2, 0.25) is 0 Å². The Kier molecular flexibility index (Phi) is 3.83. The van der Waals surface area contributed by atoms with E-state index in [1.807, 2.05) is 18.2 Å². The van der Waals surface area contributed by atoms with Crippen LogP contribution in [-0.4, -0.2) is 7.11 Å². The molecule has 0 heterocycles. The lowest BCUT2D eigenvalue weighted by molar-refractivity contribution is 0.415. The van der Waals surface area contributed by atoms with Crippen molar-refractivity contribution in [2.45, 2.75) is 25.8 Å². The van der Waals surface area contributed by atoms with E-state index in [-0.39, 0.29) is 0 Å². The maximum absolute atomic E-state index is 6.14. The SMILES string of the molecule is COc1ccc(CNc2ccc3c(c2)CCC3)cc1Cl. The Balaban J connectivity index is 1.69. The van der Waals surface area contributed by atoms with E-state index in [1.165, 1.54) is 36.1 Å². The molecule has 0 amide bonds. The Morgan fingerprint density at radius 1 is 1.10 bits per heavy atom. The summed E-state index contributed by atoms with van der Waals surface area (Å²) in [7, 11) is 1.63. The fraction of sp³-hybridized carbons (Fsp3) is 0.294. The molecule has 0 aliphatic heterocycles. The molecular weight excluding hydrogens is 270 g/mol. The lowest BCUT2D eigenvalue weighted by Crippen LogP contribution is -2.00. The average Bonchev–Trinajstić information content (AvgIpc) is 2.92. The number of nitrogens with one attached hydrogen (secondary N) is 1. The van der Waals surface area contributed by atoms with E-state index in [0.29, 0.717) is 10.8 Å². The van der Waals surface area contributed by atoms with Gasteiger partial charge < -0.3 is 10.1 Å². The van der Waals surface area contributed by atoms with Gasteiger partial charge in [0.15, 0.2) is 0 Å². The molecular formula is C17H18ClNO. The highest BCUT2D eigenvalue weighted by atomic mass is 35.5. The van der Waals surface area contributed by atoms with Gasteiger partial charge in [-0.1, -0.05) is 23.7 Å². The lowest BCUT2D eigenvalue weighted by atomic mass is 10.1. The zero-order chi connectivity index (χ0) is 13.9. The van der Waals surface area contributed by atoms with Gasteiger partial charge in [-0.05, 0) is 60.2 Å². The summed E-state index contributed by atoms with van der Waals surface area (Å²) in [5, 5.41) is 4.11. The van der Waals surface area contributed by atoms with Gasteiger partial charge in [-0.3, -0.25) is 0 Å². The number of benzene rings is 2. The maximum atomic E-state index is 6.14. The number of hydrogen-bond acceptors (Lipinski definition) is 2. The summed E-state index contributed by atoms with van der Waals surface area (Å²) in [6.45, 7) is 0.766. The molecule has 0 spiro atoms. The van der Waals surface area contributed by atoms with Gasteiger partial charge >= 0.3 is 0 Å². The average molecular weight is 288 g/mol. The summed E-state index contributed by atoms with van der Waals surface area (Å²) in [6, 6.07) is 12.6. The van der Waals surface area contributed by atoms with Crippen molar-refractivity contribution in [3.8, 4) is 5.75 Å². The van der Waals surface area contributed by atoms with Crippen molar-refractivity contribution in [1.29, 1.82) is 0 Å². The molecule has 3 rings (SSSR count). The molecule has 0 saturated carbocycles. The topological polar surface area (TPSA) is 21.3 Å². The van der Waals surface area contributed by atoms with E-state index in [9.17, 15) is 0 Å². The number of methoxy groups -OCH3 is 1. The van der Waals surface area contributed by atoms with Crippen molar-refractivity contribution in [2.24, 2.45) is 0 Å². The molecule has 2 aromatic carbocycles. The first-order chi connectivity index (χ1) is 9.76. The van der Waals surface area contributed by atoms with Gasteiger partial charge in [-0.15, -0.1) is 0 Å². The van der Waals surface area contributed by atoms with E-state index >= 15 is 0 Å². The summed E-state index contributed by atoms with van der Waals surface area (Å²) in [5.41, 5.74) is 5.32. The third-order valence-corrected chi connectivity index (χ3v) is 4.11. The molecule has 1 aliphatic carbocycles. The van der Waals surface area contributed by atoms with Crippen molar-refractivity contribution in [1.82, 2.24) is 0 Å². The molecule has 1 N–H and O–H groups in total. The first-order valence-electron chi connectivity index (χ1n) is 6.94. The molecule has 0 atom stereocenters. The minimum atomic E-state index is 0.653. The van der Waals surface area contributed by atoms with Crippen molar-refractivity contribution < 1.29 is 4.74 Å². The van der Waals surface area contributed by atoms with Crippen LogP contribution in [0.3, 0.4) is 0 Å². The second kappa shape index (κ2) is 5.76. The largest absolute Gasteiger partial charge is 0.495 e.